The summed E-state index contributed by atoms with van der Waals surface area (Å²) in [6, 6.07) is 5.68. The Hall–Kier alpha value is -2.54. The normalized spacial score (nSPS) is 21.6. The lowest BCUT2D eigenvalue weighted by atomic mass is 9.76. The maximum absolute atomic E-state index is 12.7. The molecule has 142 valence electrons. The summed E-state index contributed by atoms with van der Waals surface area (Å²) in [4.78, 5) is 29.8. The summed E-state index contributed by atoms with van der Waals surface area (Å²) in [6.45, 7) is 3.15. The van der Waals surface area contributed by atoms with E-state index in [0.29, 0.717) is 12.2 Å². The van der Waals surface area contributed by atoms with Crippen molar-refractivity contribution in [2.24, 2.45) is 5.41 Å². The zero-order valence-electron chi connectivity index (χ0n) is 15.6. The third-order valence-corrected chi connectivity index (χ3v) is 5.82. The standard InChI is InChI=1S/C20H25N5O2/c1-27-14-17-13-20(15-25(17)19-22-7-2-8-23-19)5-11-24(12-6-20)18(26)16-3-9-21-10-4-16/h2-4,7-10,17H,5-6,11-15H2,1H3. The van der Waals surface area contributed by atoms with Crippen LogP contribution in [0.15, 0.2) is 43.0 Å². The molecule has 7 nitrogen and oxygen atoms in total. The van der Waals surface area contributed by atoms with Crippen molar-refractivity contribution in [3.05, 3.63) is 48.5 Å². The Kier molecular flexibility index (Phi) is 5.03. The Balaban J connectivity index is 1.45. The molecule has 0 bridgehead atoms. The molecule has 2 aliphatic rings. The molecule has 0 saturated carbocycles. The zero-order valence-corrected chi connectivity index (χ0v) is 15.6. The van der Waals surface area contributed by atoms with Crippen molar-refractivity contribution in [2.75, 3.05) is 38.3 Å². The highest BCUT2D eigenvalue weighted by Crippen LogP contribution is 2.44. The number of amides is 1. The molecule has 1 amide bonds. The minimum atomic E-state index is 0.0990. The van der Waals surface area contributed by atoms with Crippen molar-refractivity contribution in [2.45, 2.75) is 25.3 Å². The van der Waals surface area contributed by atoms with Crippen LogP contribution in [0.5, 0.6) is 0 Å². The van der Waals surface area contributed by atoms with Crippen LogP contribution in [0.3, 0.4) is 0 Å². The Bertz CT molecular complexity index is 762. The first-order chi connectivity index (χ1) is 13.2. The Morgan fingerprint density at radius 1 is 1.19 bits per heavy atom. The molecule has 4 heterocycles. The number of ether oxygens (including phenoxy) is 1. The Morgan fingerprint density at radius 3 is 2.56 bits per heavy atom. The molecule has 0 N–H and O–H groups in total. The first kappa shape index (κ1) is 17.9. The number of rotatable bonds is 4. The topological polar surface area (TPSA) is 71.5 Å². The zero-order chi connectivity index (χ0) is 18.7. The van der Waals surface area contributed by atoms with Crippen LogP contribution in [0.1, 0.15) is 29.6 Å². The number of carbonyl (C=O) groups is 1. The van der Waals surface area contributed by atoms with Crippen molar-refractivity contribution in [1.29, 1.82) is 0 Å². The maximum atomic E-state index is 12.7. The second-order valence-electron chi connectivity index (χ2n) is 7.52. The third-order valence-electron chi connectivity index (χ3n) is 5.82. The van der Waals surface area contributed by atoms with Crippen molar-refractivity contribution in [3.8, 4) is 0 Å². The van der Waals surface area contributed by atoms with Gasteiger partial charge in [-0.2, -0.15) is 0 Å². The summed E-state index contributed by atoms with van der Waals surface area (Å²) in [5.74, 6) is 0.869. The molecule has 4 rings (SSSR count). The molecular formula is C20H25N5O2. The monoisotopic (exact) mass is 367 g/mol. The predicted molar refractivity (Wildman–Crippen MR) is 101 cm³/mol. The minimum Gasteiger partial charge on any atom is -0.383 e. The van der Waals surface area contributed by atoms with Gasteiger partial charge in [-0.25, -0.2) is 9.97 Å². The van der Waals surface area contributed by atoms with Gasteiger partial charge in [-0.15, -0.1) is 0 Å². The van der Waals surface area contributed by atoms with E-state index in [1.807, 2.05) is 11.0 Å². The van der Waals surface area contributed by atoms with Crippen LogP contribution in [-0.2, 0) is 4.74 Å². The predicted octanol–water partition coefficient (Wildman–Crippen LogP) is 2.02. The summed E-state index contributed by atoms with van der Waals surface area (Å²) in [6.07, 6.45) is 9.95. The molecule has 1 unspecified atom stereocenters. The molecule has 0 aliphatic carbocycles. The van der Waals surface area contributed by atoms with Gasteiger partial charge >= 0.3 is 0 Å². The van der Waals surface area contributed by atoms with Crippen molar-refractivity contribution >= 4 is 11.9 Å². The van der Waals surface area contributed by atoms with Crippen LogP contribution in [0, 0.1) is 5.41 Å². The van der Waals surface area contributed by atoms with Crippen molar-refractivity contribution < 1.29 is 9.53 Å². The number of piperidine rings is 1. The van der Waals surface area contributed by atoms with Gasteiger partial charge in [0.2, 0.25) is 5.95 Å². The van der Waals surface area contributed by atoms with Crippen molar-refractivity contribution in [1.82, 2.24) is 19.9 Å². The fraction of sp³-hybridized carbons (Fsp3) is 0.500. The number of carbonyl (C=O) groups excluding carboxylic acids is 1. The van der Waals surface area contributed by atoms with Gasteiger partial charge in [0.05, 0.1) is 12.6 Å². The second-order valence-corrected chi connectivity index (χ2v) is 7.52. The molecule has 1 spiro atoms. The molecule has 2 fully saturated rings. The van der Waals surface area contributed by atoms with Gasteiger partial charge in [0.25, 0.3) is 5.91 Å². The highest BCUT2D eigenvalue weighted by molar-refractivity contribution is 5.94. The molecule has 1 atom stereocenters. The number of likely N-dealkylation sites (tertiary alicyclic amines) is 1. The summed E-state index contributed by atoms with van der Waals surface area (Å²) in [7, 11) is 1.74. The van der Waals surface area contributed by atoms with Gasteiger partial charge < -0.3 is 14.5 Å². The fourth-order valence-corrected chi connectivity index (χ4v) is 4.40. The number of hydrogen-bond acceptors (Lipinski definition) is 6. The molecule has 0 radical (unpaired) electrons. The summed E-state index contributed by atoms with van der Waals surface area (Å²) in [5, 5.41) is 0. The largest absolute Gasteiger partial charge is 0.383 e. The molecule has 0 aromatic carbocycles. The molecule has 7 heteroatoms. The van der Waals surface area contributed by atoms with E-state index < -0.39 is 0 Å². The number of pyridine rings is 1. The van der Waals surface area contributed by atoms with E-state index in [4.69, 9.17) is 4.74 Å². The first-order valence-corrected chi connectivity index (χ1v) is 9.43. The van der Waals surface area contributed by atoms with Crippen LogP contribution >= 0.6 is 0 Å². The lowest BCUT2D eigenvalue weighted by Crippen LogP contribution is -2.44. The fourth-order valence-electron chi connectivity index (χ4n) is 4.40. The van der Waals surface area contributed by atoms with Gasteiger partial charge in [-0.05, 0) is 42.9 Å². The van der Waals surface area contributed by atoms with E-state index in [-0.39, 0.29) is 17.4 Å². The number of aromatic nitrogens is 3. The highest BCUT2D eigenvalue weighted by Gasteiger charge is 2.46. The summed E-state index contributed by atoms with van der Waals surface area (Å²) < 4.78 is 5.46. The molecule has 2 saturated heterocycles. The average molecular weight is 367 g/mol. The highest BCUT2D eigenvalue weighted by atomic mass is 16.5. The van der Waals surface area contributed by atoms with Gasteiger partial charge in [-0.3, -0.25) is 9.78 Å². The quantitative estimate of drug-likeness (QED) is 0.823. The van der Waals surface area contributed by atoms with E-state index in [9.17, 15) is 4.79 Å². The van der Waals surface area contributed by atoms with Gasteiger partial charge in [0.15, 0.2) is 0 Å². The van der Waals surface area contributed by atoms with E-state index in [1.165, 1.54) is 0 Å². The number of methoxy groups -OCH3 is 1. The molecular weight excluding hydrogens is 342 g/mol. The van der Waals surface area contributed by atoms with Gasteiger partial charge in [-0.1, -0.05) is 0 Å². The average Bonchev–Trinajstić information content (AvgIpc) is 3.07. The summed E-state index contributed by atoms with van der Waals surface area (Å²) >= 11 is 0. The van der Waals surface area contributed by atoms with Gasteiger partial charge in [0, 0.05) is 57.1 Å². The molecule has 2 aromatic heterocycles. The second kappa shape index (κ2) is 7.60. The van der Waals surface area contributed by atoms with E-state index >= 15 is 0 Å². The lowest BCUT2D eigenvalue weighted by molar-refractivity contribution is 0.0598. The molecule has 2 aliphatic heterocycles. The number of nitrogens with zero attached hydrogens (tertiary/aromatic N) is 5. The van der Waals surface area contributed by atoms with Crippen LogP contribution < -0.4 is 4.90 Å². The van der Waals surface area contributed by atoms with Gasteiger partial charge in [0.1, 0.15) is 0 Å². The van der Waals surface area contributed by atoms with Crippen LogP contribution in [-0.4, -0.2) is 65.2 Å². The Labute approximate surface area is 159 Å². The molecule has 27 heavy (non-hydrogen) atoms. The lowest BCUT2D eigenvalue weighted by Gasteiger charge is -2.39. The van der Waals surface area contributed by atoms with Crippen LogP contribution in [0.2, 0.25) is 0 Å². The number of hydrogen-bond donors (Lipinski definition) is 0. The smallest absolute Gasteiger partial charge is 0.253 e. The first-order valence-electron chi connectivity index (χ1n) is 9.43. The summed E-state index contributed by atoms with van der Waals surface area (Å²) in [5.41, 5.74) is 0.904. The van der Waals surface area contributed by atoms with E-state index in [1.54, 1.807) is 44.0 Å². The Morgan fingerprint density at radius 2 is 1.89 bits per heavy atom. The minimum absolute atomic E-state index is 0.0990. The van der Waals surface area contributed by atoms with E-state index in [2.05, 4.69) is 19.9 Å². The third kappa shape index (κ3) is 3.64. The van der Waals surface area contributed by atoms with Crippen molar-refractivity contribution in [3.63, 3.8) is 0 Å². The number of anilines is 1. The molecule has 2 aromatic rings. The van der Waals surface area contributed by atoms with Crippen LogP contribution in [0.4, 0.5) is 5.95 Å². The SMILES string of the molecule is COCC1CC2(CCN(C(=O)c3ccncc3)CC2)CN1c1ncccn1. The van der Waals surface area contributed by atoms with E-state index in [0.717, 1.165) is 44.8 Å². The van der Waals surface area contributed by atoms with Crippen LogP contribution in [0.25, 0.3) is 0 Å². The maximum Gasteiger partial charge on any atom is 0.253 e.